The molecule has 1 amide bonds. The van der Waals surface area contributed by atoms with E-state index in [2.05, 4.69) is 20.6 Å². The summed E-state index contributed by atoms with van der Waals surface area (Å²) in [7, 11) is 1.98. The molecule has 0 bridgehead atoms. The van der Waals surface area contributed by atoms with Crippen molar-refractivity contribution in [3.63, 3.8) is 0 Å². The Morgan fingerprint density at radius 3 is 3.04 bits per heavy atom. The van der Waals surface area contributed by atoms with E-state index in [1.807, 2.05) is 42.1 Å². The molecule has 0 radical (unpaired) electrons. The van der Waals surface area contributed by atoms with Crippen molar-refractivity contribution in [3.8, 4) is 0 Å². The molecular weight excluding hydrogens is 330 g/mol. The lowest BCUT2D eigenvalue weighted by atomic mass is 10.0. The summed E-state index contributed by atoms with van der Waals surface area (Å²) in [5.41, 5.74) is 1.70. The second kappa shape index (κ2) is 7.13. The first-order valence-electron chi connectivity index (χ1n) is 8.67. The van der Waals surface area contributed by atoms with Gasteiger partial charge in [-0.3, -0.25) is 4.79 Å². The topological polar surface area (TPSA) is 81.1 Å². The molecular formula is C19H21N5O2. The number of aryl methyl sites for hydroxylation is 1. The number of carbonyl (C=O) groups is 1. The molecule has 26 heavy (non-hydrogen) atoms. The Morgan fingerprint density at radius 1 is 1.27 bits per heavy atom. The van der Waals surface area contributed by atoms with Gasteiger partial charge in [0, 0.05) is 37.1 Å². The summed E-state index contributed by atoms with van der Waals surface area (Å²) in [6.07, 6.45) is 5.92. The van der Waals surface area contributed by atoms with Gasteiger partial charge in [-0.15, -0.1) is 0 Å². The molecule has 0 saturated carbocycles. The van der Waals surface area contributed by atoms with Gasteiger partial charge in [0.05, 0.1) is 18.7 Å². The van der Waals surface area contributed by atoms with Crippen LogP contribution in [0.2, 0.25) is 0 Å². The van der Waals surface area contributed by atoms with E-state index in [0.717, 1.165) is 23.1 Å². The molecule has 1 aliphatic heterocycles. The lowest BCUT2D eigenvalue weighted by Gasteiger charge is -2.33. The maximum atomic E-state index is 12.8. The Kier molecular flexibility index (Phi) is 4.53. The van der Waals surface area contributed by atoms with E-state index in [0.29, 0.717) is 18.8 Å². The molecule has 0 unspecified atom stereocenters. The van der Waals surface area contributed by atoms with Crippen LogP contribution in [0.1, 0.15) is 16.8 Å². The van der Waals surface area contributed by atoms with Gasteiger partial charge in [0.15, 0.2) is 0 Å². The molecule has 3 heterocycles. The Morgan fingerprint density at radius 2 is 2.19 bits per heavy atom. The fraction of sp³-hybridized carbons (Fsp3) is 0.316. The first-order chi connectivity index (χ1) is 12.7. The van der Waals surface area contributed by atoms with Gasteiger partial charge in [-0.25, -0.2) is 9.97 Å². The van der Waals surface area contributed by atoms with Gasteiger partial charge in [-0.2, -0.15) is 0 Å². The van der Waals surface area contributed by atoms with E-state index in [1.54, 1.807) is 12.3 Å². The van der Waals surface area contributed by atoms with Gasteiger partial charge in [-0.05, 0) is 36.1 Å². The van der Waals surface area contributed by atoms with E-state index in [4.69, 9.17) is 4.74 Å². The average Bonchev–Trinajstić information content (AvgIpc) is 3.04. The predicted molar refractivity (Wildman–Crippen MR) is 99.1 cm³/mol. The highest BCUT2D eigenvalue weighted by Gasteiger charge is 2.27. The molecule has 134 valence electrons. The first kappa shape index (κ1) is 16.5. The number of aromatic nitrogens is 3. The second-order valence-corrected chi connectivity index (χ2v) is 6.49. The van der Waals surface area contributed by atoms with Crippen molar-refractivity contribution in [2.75, 3.05) is 18.5 Å². The van der Waals surface area contributed by atoms with Gasteiger partial charge in [-0.1, -0.05) is 6.07 Å². The van der Waals surface area contributed by atoms with Gasteiger partial charge >= 0.3 is 0 Å². The molecule has 7 nitrogen and oxygen atoms in total. The van der Waals surface area contributed by atoms with E-state index < -0.39 is 0 Å². The molecule has 1 fully saturated rings. The predicted octanol–water partition coefficient (Wildman–Crippen LogP) is 1.97. The van der Waals surface area contributed by atoms with Crippen LogP contribution in [0.3, 0.4) is 0 Å². The smallest absolute Gasteiger partial charge is 0.251 e. The summed E-state index contributed by atoms with van der Waals surface area (Å²) in [4.78, 5) is 20.9. The van der Waals surface area contributed by atoms with Crippen LogP contribution in [0.5, 0.6) is 0 Å². The van der Waals surface area contributed by atoms with Crippen LogP contribution in [0.25, 0.3) is 10.9 Å². The standard InChI is InChI=1S/C19H21N5O2/c1-24-8-5-13-2-3-14(10-17(13)24)19(25)23-15-6-9-26-11-16(15)22-18-4-7-20-12-21-18/h2-5,7-8,10,12,15-16H,6,9,11H2,1H3,(H,23,25)(H,20,21,22)/t15-,16+/m0/s1. The van der Waals surface area contributed by atoms with Crippen molar-refractivity contribution in [3.05, 3.63) is 54.6 Å². The largest absolute Gasteiger partial charge is 0.379 e. The highest BCUT2D eigenvalue weighted by molar-refractivity contribution is 5.98. The number of nitrogens with zero attached hydrogens (tertiary/aromatic N) is 3. The molecule has 1 saturated heterocycles. The van der Waals surface area contributed by atoms with Crippen LogP contribution in [-0.4, -0.2) is 45.7 Å². The fourth-order valence-corrected chi connectivity index (χ4v) is 3.27. The van der Waals surface area contributed by atoms with Crippen molar-refractivity contribution in [2.45, 2.75) is 18.5 Å². The van der Waals surface area contributed by atoms with Crippen molar-refractivity contribution < 1.29 is 9.53 Å². The zero-order chi connectivity index (χ0) is 17.9. The summed E-state index contributed by atoms with van der Waals surface area (Å²) >= 11 is 0. The molecule has 2 atom stereocenters. The van der Waals surface area contributed by atoms with Crippen LogP contribution in [-0.2, 0) is 11.8 Å². The highest BCUT2D eigenvalue weighted by Crippen LogP contribution is 2.18. The Bertz CT molecular complexity index is 909. The Hall–Kier alpha value is -2.93. The summed E-state index contributed by atoms with van der Waals surface area (Å²) < 4.78 is 7.59. The zero-order valence-corrected chi connectivity index (χ0v) is 14.6. The molecule has 0 spiro atoms. The van der Waals surface area contributed by atoms with Crippen LogP contribution in [0.15, 0.2) is 49.1 Å². The highest BCUT2D eigenvalue weighted by atomic mass is 16.5. The van der Waals surface area contributed by atoms with Crippen LogP contribution >= 0.6 is 0 Å². The quantitative estimate of drug-likeness (QED) is 0.751. The maximum Gasteiger partial charge on any atom is 0.251 e. The lowest BCUT2D eigenvalue weighted by molar-refractivity contribution is 0.0620. The van der Waals surface area contributed by atoms with Crippen LogP contribution in [0.4, 0.5) is 5.82 Å². The van der Waals surface area contributed by atoms with Gasteiger partial charge < -0.3 is 19.9 Å². The number of anilines is 1. The molecule has 2 aromatic heterocycles. The number of benzene rings is 1. The number of ether oxygens (including phenoxy) is 1. The minimum Gasteiger partial charge on any atom is -0.379 e. The Labute approximate surface area is 151 Å². The zero-order valence-electron chi connectivity index (χ0n) is 14.6. The third-order valence-electron chi connectivity index (χ3n) is 4.74. The van der Waals surface area contributed by atoms with Gasteiger partial charge in [0.25, 0.3) is 5.91 Å². The average molecular weight is 351 g/mol. The first-order valence-corrected chi connectivity index (χ1v) is 8.67. The number of hydrogen-bond acceptors (Lipinski definition) is 5. The molecule has 1 aromatic carbocycles. The Balaban J connectivity index is 1.49. The fourth-order valence-electron chi connectivity index (χ4n) is 3.27. The summed E-state index contributed by atoms with van der Waals surface area (Å²) in [6, 6.07) is 9.54. The van der Waals surface area contributed by atoms with E-state index >= 15 is 0 Å². The minimum absolute atomic E-state index is 0.0321. The number of carbonyl (C=O) groups excluding carboxylic acids is 1. The third kappa shape index (κ3) is 3.39. The maximum absolute atomic E-state index is 12.8. The SMILES string of the molecule is Cn1ccc2ccc(C(=O)N[C@H]3CCOC[C@H]3Nc3ccncn3)cc21. The van der Waals surface area contributed by atoms with Gasteiger partial charge in [0.2, 0.25) is 0 Å². The van der Waals surface area contributed by atoms with Gasteiger partial charge in [0.1, 0.15) is 12.1 Å². The number of hydrogen-bond donors (Lipinski definition) is 2. The molecule has 0 aliphatic carbocycles. The van der Waals surface area contributed by atoms with Crippen molar-refractivity contribution in [2.24, 2.45) is 7.05 Å². The monoisotopic (exact) mass is 351 g/mol. The van der Waals surface area contributed by atoms with Crippen molar-refractivity contribution in [1.29, 1.82) is 0 Å². The summed E-state index contributed by atoms with van der Waals surface area (Å²) in [5, 5.41) is 7.60. The molecule has 3 aromatic rings. The third-order valence-corrected chi connectivity index (χ3v) is 4.74. The van der Waals surface area contributed by atoms with E-state index in [9.17, 15) is 4.79 Å². The van der Waals surface area contributed by atoms with E-state index in [1.165, 1.54) is 6.33 Å². The number of rotatable bonds is 4. The summed E-state index contributed by atoms with van der Waals surface area (Å²) in [6.45, 7) is 1.15. The van der Waals surface area contributed by atoms with E-state index in [-0.39, 0.29) is 18.0 Å². The second-order valence-electron chi connectivity index (χ2n) is 6.49. The molecule has 7 heteroatoms. The van der Waals surface area contributed by atoms with Crippen molar-refractivity contribution >= 4 is 22.6 Å². The van der Waals surface area contributed by atoms with Crippen LogP contribution in [0, 0.1) is 0 Å². The minimum atomic E-state index is -0.0745. The number of amides is 1. The summed E-state index contributed by atoms with van der Waals surface area (Å²) in [5.74, 6) is 0.648. The molecule has 4 rings (SSSR count). The molecule has 2 N–H and O–H groups in total. The number of nitrogens with one attached hydrogen (secondary N) is 2. The normalized spacial score (nSPS) is 20.0. The van der Waals surface area contributed by atoms with Crippen molar-refractivity contribution in [1.82, 2.24) is 19.9 Å². The molecule has 1 aliphatic rings. The lowest BCUT2D eigenvalue weighted by Crippen LogP contribution is -2.52. The number of fused-ring (bicyclic) bond motifs is 1. The van der Waals surface area contributed by atoms with Crippen LogP contribution < -0.4 is 10.6 Å².